The molecule has 0 aromatic heterocycles. The van der Waals surface area contributed by atoms with Crippen LogP contribution in [0.15, 0.2) is 0 Å². The average Bonchev–Trinajstić information content (AvgIpc) is 2.66. The van der Waals surface area contributed by atoms with Gasteiger partial charge < -0.3 is 0 Å². The van der Waals surface area contributed by atoms with Gasteiger partial charge in [0.15, 0.2) is 0 Å². The van der Waals surface area contributed by atoms with Gasteiger partial charge in [-0.3, -0.25) is 14.5 Å². The summed E-state index contributed by atoms with van der Waals surface area (Å²) >= 11 is 1.68. The molecule has 0 aromatic carbocycles. The van der Waals surface area contributed by atoms with Crippen LogP contribution in [-0.2, 0) is 9.59 Å². The van der Waals surface area contributed by atoms with E-state index in [1.54, 1.807) is 11.8 Å². The molecule has 0 aromatic rings. The highest BCUT2D eigenvalue weighted by molar-refractivity contribution is 8.00. The Bertz CT molecular complexity index is 294. The normalized spacial score (nSPS) is 19.5. The molecule has 19 heavy (non-hydrogen) atoms. The van der Waals surface area contributed by atoms with Crippen LogP contribution >= 0.6 is 11.8 Å². The summed E-state index contributed by atoms with van der Waals surface area (Å²) in [6.45, 7) is 4.95. The first-order valence-electron chi connectivity index (χ1n) is 7.66. The van der Waals surface area contributed by atoms with Crippen molar-refractivity contribution in [3.8, 4) is 0 Å². The molecule has 0 radical (unpaired) electrons. The Kier molecular flexibility index (Phi) is 8.19. The smallest absolute Gasteiger partial charge is 0.242 e. The van der Waals surface area contributed by atoms with Gasteiger partial charge in [0.1, 0.15) is 0 Å². The lowest BCUT2D eigenvalue weighted by atomic mass is 10.2. The van der Waals surface area contributed by atoms with E-state index in [1.807, 2.05) is 0 Å². The summed E-state index contributed by atoms with van der Waals surface area (Å²) in [5.74, 6) is 1.10. The molecule has 1 unspecified atom stereocenters. The number of likely N-dealkylation sites (tertiary alicyclic amines) is 1. The number of rotatable bonds is 10. The van der Waals surface area contributed by atoms with Crippen LogP contribution in [0, 0.1) is 0 Å². The molecule has 110 valence electrons. The Hall–Kier alpha value is -0.510. The van der Waals surface area contributed by atoms with Crippen molar-refractivity contribution >= 4 is 23.6 Å². The number of amides is 2. The second-order valence-electron chi connectivity index (χ2n) is 5.21. The molecule has 0 aliphatic carbocycles. The number of hydrogen-bond acceptors (Lipinski definition) is 3. The van der Waals surface area contributed by atoms with Crippen LogP contribution in [0.2, 0.25) is 0 Å². The number of carbonyl (C=O) groups excluding carboxylic acids is 2. The van der Waals surface area contributed by atoms with E-state index in [2.05, 4.69) is 13.8 Å². The maximum absolute atomic E-state index is 12.1. The molecule has 1 fully saturated rings. The largest absolute Gasteiger partial charge is 0.282 e. The Morgan fingerprint density at radius 3 is 2.42 bits per heavy atom. The predicted octanol–water partition coefficient (Wildman–Crippen LogP) is 3.62. The summed E-state index contributed by atoms with van der Waals surface area (Å²) in [6.07, 6.45) is 8.46. The van der Waals surface area contributed by atoms with E-state index in [9.17, 15) is 9.59 Å². The topological polar surface area (TPSA) is 37.4 Å². The minimum Gasteiger partial charge on any atom is -0.282 e. The van der Waals surface area contributed by atoms with Gasteiger partial charge >= 0.3 is 0 Å². The molecule has 1 aliphatic heterocycles. The fraction of sp³-hybridized carbons (Fsp3) is 0.867. The van der Waals surface area contributed by atoms with E-state index < -0.39 is 0 Å². The van der Waals surface area contributed by atoms with Crippen LogP contribution in [0.5, 0.6) is 0 Å². The first-order valence-corrected chi connectivity index (χ1v) is 8.71. The van der Waals surface area contributed by atoms with Crippen molar-refractivity contribution in [2.45, 2.75) is 70.5 Å². The average molecular weight is 285 g/mol. The maximum atomic E-state index is 12.1. The Labute approximate surface area is 121 Å². The molecule has 1 saturated heterocycles. The second kappa shape index (κ2) is 9.40. The third kappa shape index (κ3) is 5.55. The molecule has 0 N–H and O–H groups in total. The first-order chi connectivity index (χ1) is 9.20. The molecular formula is C15H27NO2S. The lowest BCUT2D eigenvalue weighted by Gasteiger charge is -2.14. The van der Waals surface area contributed by atoms with Gasteiger partial charge in [0.05, 0.1) is 5.25 Å². The second-order valence-corrected chi connectivity index (χ2v) is 6.53. The van der Waals surface area contributed by atoms with Crippen molar-refractivity contribution < 1.29 is 9.59 Å². The van der Waals surface area contributed by atoms with Crippen molar-refractivity contribution in [2.75, 3.05) is 12.3 Å². The van der Waals surface area contributed by atoms with E-state index in [0.29, 0.717) is 13.0 Å². The summed E-state index contributed by atoms with van der Waals surface area (Å²) in [5, 5.41) is -0.101. The monoisotopic (exact) mass is 285 g/mol. The van der Waals surface area contributed by atoms with Crippen LogP contribution in [-0.4, -0.2) is 34.3 Å². The molecule has 1 rings (SSSR count). The van der Waals surface area contributed by atoms with E-state index in [4.69, 9.17) is 0 Å². The van der Waals surface area contributed by atoms with E-state index in [1.165, 1.54) is 24.2 Å². The minimum absolute atomic E-state index is 0.0344. The quantitative estimate of drug-likeness (QED) is 0.454. The van der Waals surface area contributed by atoms with E-state index in [-0.39, 0.29) is 17.1 Å². The fourth-order valence-corrected chi connectivity index (χ4v) is 3.48. The zero-order chi connectivity index (χ0) is 14.1. The molecular weight excluding hydrogens is 258 g/mol. The summed E-state index contributed by atoms with van der Waals surface area (Å²) < 4.78 is 0. The predicted molar refractivity (Wildman–Crippen MR) is 81.3 cm³/mol. The van der Waals surface area contributed by atoms with Crippen LogP contribution in [0.1, 0.15) is 65.2 Å². The minimum atomic E-state index is -0.101. The lowest BCUT2D eigenvalue weighted by molar-refractivity contribution is -0.138. The molecule has 1 atom stereocenters. The lowest BCUT2D eigenvalue weighted by Crippen LogP contribution is -2.32. The Balaban J connectivity index is 2.25. The highest BCUT2D eigenvalue weighted by Gasteiger charge is 2.37. The molecule has 1 heterocycles. The SMILES string of the molecule is CCCCCCSC1CC(=O)N(CCCCC)C1=O. The third-order valence-corrected chi connectivity index (χ3v) is 4.80. The Morgan fingerprint density at radius 1 is 1.05 bits per heavy atom. The van der Waals surface area contributed by atoms with Gasteiger partial charge in [-0.1, -0.05) is 46.0 Å². The molecule has 0 spiro atoms. The summed E-state index contributed by atoms with van der Waals surface area (Å²) in [7, 11) is 0. The van der Waals surface area contributed by atoms with Crippen LogP contribution in [0.25, 0.3) is 0 Å². The number of unbranched alkanes of at least 4 members (excludes halogenated alkanes) is 5. The van der Waals surface area contributed by atoms with Crippen molar-refractivity contribution in [3.05, 3.63) is 0 Å². The summed E-state index contributed by atoms with van der Waals surface area (Å²) in [5.41, 5.74) is 0. The summed E-state index contributed by atoms with van der Waals surface area (Å²) in [4.78, 5) is 25.4. The molecule has 2 amide bonds. The molecule has 3 nitrogen and oxygen atoms in total. The van der Waals surface area contributed by atoms with E-state index >= 15 is 0 Å². The molecule has 4 heteroatoms. The number of carbonyl (C=O) groups is 2. The van der Waals surface area contributed by atoms with Crippen molar-refractivity contribution in [1.29, 1.82) is 0 Å². The Morgan fingerprint density at radius 2 is 1.74 bits per heavy atom. The molecule has 1 aliphatic rings. The maximum Gasteiger partial charge on any atom is 0.242 e. The number of nitrogens with zero attached hydrogens (tertiary/aromatic N) is 1. The van der Waals surface area contributed by atoms with Gasteiger partial charge in [-0.2, -0.15) is 0 Å². The fourth-order valence-electron chi connectivity index (χ4n) is 2.29. The molecule has 0 saturated carbocycles. The van der Waals surface area contributed by atoms with Crippen LogP contribution < -0.4 is 0 Å². The van der Waals surface area contributed by atoms with Gasteiger partial charge in [0, 0.05) is 13.0 Å². The van der Waals surface area contributed by atoms with Gasteiger partial charge in [-0.15, -0.1) is 11.8 Å². The number of hydrogen-bond donors (Lipinski definition) is 0. The van der Waals surface area contributed by atoms with E-state index in [0.717, 1.165) is 31.4 Å². The van der Waals surface area contributed by atoms with Crippen LogP contribution in [0.3, 0.4) is 0 Å². The zero-order valence-corrected chi connectivity index (χ0v) is 13.1. The van der Waals surface area contributed by atoms with Gasteiger partial charge in [-0.25, -0.2) is 0 Å². The number of imide groups is 1. The highest BCUT2D eigenvalue weighted by atomic mass is 32.2. The zero-order valence-electron chi connectivity index (χ0n) is 12.3. The van der Waals surface area contributed by atoms with Crippen molar-refractivity contribution in [1.82, 2.24) is 4.90 Å². The third-order valence-electron chi connectivity index (χ3n) is 3.50. The molecule has 0 bridgehead atoms. The van der Waals surface area contributed by atoms with Crippen molar-refractivity contribution in [3.63, 3.8) is 0 Å². The van der Waals surface area contributed by atoms with Gasteiger partial charge in [-0.05, 0) is 18.6 Å². The van der Waals surface area contributed by atoms with Gasteiger partial charge in [0.2, 0.25) is 11.8 Å². The van der Waals surface area contributed by atoms with Gasteiger partial charge in [0.25, 0.3) is 0 Å². The van der Waals surface area contributed by atoms with Crippen LogP contribution in [0.4, 0.5) is 0 Å². The standard InChI is InChI=1S/C15H27NO2S/c1-3-5-7-9-11-19-13-12-14(17)16(15(13)18)10-8-6-4-2/h13H,3-12H2,1-2H3. The highest BCUT2D eigenvalue weighted by Crippen LogP contribution is 2.26. The number of thioether (sulfide) groups is 1. The first kappa shape index (κ1) is 16.5. The van der Waals surface area contributed by atoms with Crippen molar-refractivity contribution in [2.24, 2.45) is 0 Å². The summed E-state index contributed by atoms with van der Waals surface area (Å²) in [6, 6.07) is 0.